The first-order valence-electron chi connectivity index (χ1n) is 10.8. The van der Waals surface area contributed by atoms with Crippen molar-refractivity contribution in [1.29, 1.82) is 0 Å². The third-order valence-corrected chi connectivity index (χ3v) is 5.67. The van der Waals surface area contributed by atoms with E-state index in [-0.39, 0.29) is 0 Å². The summed E-state index contributed by atoms with van der Waals surface area (Å²) in [5.74, 6) is 2.26. The van der Waals surface area contributed by atoms with Crippen molar-refractivity contribution in [2.45, 2.75) is 78.1 Å². The van der Waals surface area contributed by atoms with Gasteiger partial charge in [0, 0.05) is 0 Å². The van der Waals surface area contributed by atoms with Crippen molar-refractivity contribution in [3.05, 3.63) is 42.0 Å². The SMILES string of the molecule is CCCCCC(C)C1CC=C(CCCCOC(=O)Oc2ccccc2)CC1. The molecule has 0 radical (unpaired) electrons. The molecule has 1 aromatic carbocycles. The van der Waals surface area contributed by atoms with E-state index < -0.39 is 6.16 Å². The molecule has 1 aromatic rings. The minimum absolute atomic E-state index is 0.427. The summed E-state index contributed by atoms with van der Waals surface area (Å²) in [6.07, 6.45) is 14.3. The molecule has 150 valence electrons. The van der Waals surface area contributed by atoms with E-state index >= 15 is 0 Å². The molecule has 3 heteroatoms. The van der Waals surface area contributed by atoms with Gasteiger partial charge in [0.15, 0.2) is 0 Å². The van der Waals surface area contributed by atoms with Crippen LogP contribution in [0.5, 0.6) is 5.75 Å². The van der Waals surface area contributed by atoms with E-state index in [4.69, 9.17) is 9.47 Å². The van der Waals surface area contributed by atoms with E-state index in [9.17, 15) is 4.79 Å². The van der Waals surface area contributed by atoms with Gasteiger partial charge in [0.05, 0.1) is 6.61 Å². The number of unbranched alkanes of at least 4 members (excludes halogenated alkanes) is 3. The Labute approximate surface area is 165 Å². The highest BCUT2D eigenvalue weighted by molar-refractivity contribution is 5.63. The Morgan fingerprint density at radius 2 is 1.96 bits per heavy atom. The fraction of sp³-hybridized carbons (Fsp3) is 0.625. The van der Waals surface area contributed by atoms with Crippen LogP contribution in [0.4, 0.5) is 4.79 Å². The molecule has 0 aromatic heterocycles. The number of carbonyl (C=O) groups is 1. The Bertz CT molecular complexity index is 564. The van der Waals surface area contributed by atoms with Crippen LogP contribution in [-0.2, 0) is 4.74 Å². The Hall–Kier alpha value is -1.77. The lowest BCUT2D eigenvalue weighted by atomic mass is 9.78. The topological polar surface area (TPSA) is 35.5 Å². The fourth-order valence-electron chi connectivity index (χ4n) is 3.83. The maximum absolute atomic E-state index is 11.6. The highest BCUT2D eigenvalue weighted by Crippen LogP contribution is 2.33. The van der Waals surface area contributed by atoms with Crippen LogP contribution < -0.4 is 4.74 Å². The monoisotopic (exact) mass is 372 g/mol. The summed E-state index contributed by atoms with van der Waals surface area (Å²) in [5.41, 5.74) is 1.60. The first-order chi connectivity index (χ1) is 13.2. The van der Waals surface area contributed by atoms with Crippen molar-refractivity contribution < 1.29 is 14.3 Å². The maximum atomic E-state index is 11.6. The summed E-state index contributed by atoms with van der Waals surface area (Å²) >= 11 is 0. The first kappa shape index (κ1) is 21.5. The predicted molar refractivity (Wildman–Crippen MR) is 111 cm³/mol. The maximum Gasteiger partial charge on any atom is 0.513 e. The van der Waals surface area contributed by atoms with Gasteiger partial charge in [0.25, 0.3) is 0 Å². The number of carbonyl (C=O) groups excluding carboxylic acids is 1. The second kappa shape index (κ2) is 12.6. The van der Waals surface area contributed by atoms with Crippen LogP contribution in [0.25, 0.3) is 0 Å². The van der Waals surface area contributed by atoms with Gasteiger partial charge in [-0.2, -0.15) is 0 Å². The molecule has 0 bridgehead atoms. The minimum atomic E-state index is -0.613. The molecule has 0 amide bonds. The van der Waals surface area contributed by atoms with Gasteiger partial charge in [-0.25, -0.2) is 4.79 Å². The molecular weight excluding hydrogens is 336 g/mol. The molecular formula is C24H36O3. The van der Waals surface area contributed by atoms with Crippen molar-refractivity contribution in [1.82, 2.24) is 0 Å². The van der Waals surface area contributed by atoms with Crippen LogP contribution in [0.3, 0.4) is 0 Å². The van der Waals surface area contributed by atoms with Crippen molar-refractivity contribution >= 4 is 6.16 Å². The Kier molecular flexibility index (Phi) is 10.0. The Balaban J connectivity index is 1.54. The van der Waals surface area contributed by atoms with Crippen LogP contribution in [0, 0.1) is 11.8 Å². The van der Waals surface area contributed by atoms with Crippen molar-refractivity contribution in [2.75, 3.05) is 6.61 Å². The van der Waals surface area contributed by atoms with Gasteiger partial charge in [0.1, 0.15) is 5.75 Å². The number of ether oxygens (including phenoxy) is 2. The smallest absolute Gasteiger partial charge is 0.434 e. The lowest BCUT2D eigenvalue weighted by Gasteiger charge is -2.27. The third kappa shape index (κ3) is 8.64. The Morgan fingerprint density at radius 3 is 2.67 bits per heavy atom. The Morgan fingerprint density at radius 1 is 1.15 bits per heavy atom. The average Bonchev–Trinajstić information content (AvgIpc) is 2.69. The zero-order valence-corrected chi connectivity index (χ0v) is 17.1. The second-order valence-electron chi connectivity index (χ2n) is 7.84. The molecule has 0 aliphatic heterocycles. The number of allylic oxidation sites excluding steroid dienone is 2. The van der Waals surface area contributed by atoms with Crippen LogP contribution in [0.1, 0.15) is 78.1 Å². The summed E-state index contributed by atoms with van der Waals surface area (Å²) in [6, 6.07) is 9.03. The predicted octanol–water partition coefficient (Wildman–Crippen LogP) is 7.32. The average molecular weight is 373 g/mol. The largest absolute Gasteiger partial charge is 0.513 e. The molecule has 1 aliphatic rings. The van der Waals surface area contributed by atoms with Gasteiger partial charge < -0.3 is 9.47 Å². The van der Waals surface area contributed by atoms with Gasteiger partial charge in [0.2, 0.25) is 0 Å². The van der Waals surface area contributed by atoms with E-state index in [0.29, 0.717) is 12.4 Å². The van der Waals surface area contributed by atoms with Gasteiger partial charge in [-0.1, -0.05) is 69.4 Å². The standard InChI is InChI=1S/C24H36O3/c1-3-4-6-11-20(2)22-17-15-21(16-18-22)12-9-10-19-26-24(25)27-23-13-7-5-8-14-23/h5,7-8,13-15,20,22H,3-4,6,9-12,16-19H2,1-2H3. The second-order valence-corrected chi connectivity index (χ2v) is 7.84. The highest BCUT2D eigenvalue weighted by Gasteiger charge is 2.19. The van der Waals surface area contributed by atoms with Gasteiger partial charge in [-0.05, 0) is 62.5 Å². The van der Waals surface area contributed by atoms with E-state index in [2.05, 4.69) is 19.9 Å². The number of para-hydroxylation sites is 1. The van der Waals surface area contributed by atoms with Crippen molar-refractivity contribution in [2.24, 2.45) is 11.8 Å². The van der Waals surface area contributed by atoms with Gasteiger partial charge in [-0.3, -0.25) is 0 Å². The van der Waals surface area contributed by atoms with Crippen LogP contribution >= 0.6 is 0 Å². The summed E-state index contributed by atoms with van der Waals surface area (Å²) in [4.78, 5) is 11.6. The molecule has 0 heterocycles. The van der Waals surface area contributed by atoms with E-state index in [0.717, 1.165) is 31.1 Å². The van der Waals surface area contributed by atoms with E-state index in [1.807, 2.05) is 18.2 Å². The highest BCUT2D eigenvalue weighted by atomic mass is 16.7. The molecule has 0 N–H and O–H groups in total. The summed E-state index contributed by atoms with van der Waals surface area (Å²) in [6.45, 7) is 5.14. The van der Waals surface area contributed by atoms with Gasteiger partial charge >= 0.3 is 6.16 Å². The zero-order valence-electron chi connectivity index (χ0n) is 17.1. The molecule has 2 unspecified atom stereocenters. The lowest BCUT2D eigenvalue weighted by molar-refractivity contribution is 0.0975. The first-order valence-corrected chi connectivity index (χ1v) is 10.8. The molecule has 2 atom stereocenters. The van der Waals surface area contributed by atoms with Crippen molar-refractivity contribution in [3.63, 3.8) is 0 Å². The van der Waals surface area contributed by atoms with E-state index in [1.165, 1.54) is 44.9 Å². The lowest BCUT2D eigenvalue weighted by Crippen LogP contribution is -2.15. The molecule has 2 rings (SSSR count). The molecule has 0 fully saturated rings. The van der Waals surface area contributed by atoms with Gasteiger partial charge in [-0.15, -0.1) is 0 Å². The number of benzene rings is 1. The quantitative estimate of drug-likeness (QED) is 0.177. The molecule has 27 heavy (non-hydrogen) atoms. The number of hydrogen-bond acceptors (Lipinski definition) is 3. The summed E-state index contributed by atoms with van der Waals surface area (Å²) < 4.78 is 10.3. The van der Waals surface area contributed by atoms with E-state index in [1.54, 1.807) is 17.7 Å². The molecule has 3 nitrogen and oxygen atoms in total. The third-order valence-electron chi connectivity index (χ3n) is 5.67. The fourth-order valence-corrected chi connectivity index (χ4v) is 3.83. The molecule has 0 saturated heterocycles. The van der Waals surface area contributed by atoms with Crippen LogP contribution in [-0.4, -0.2) is 12.8 Å². The van der Waals surface area contributed by atoms with Crippen molar-refractivity contribution in [3.8, 4) is 5.75 Å². The molecule has 0 saturated carbocycles. The minimum Gasteiger partial charge on any atom is -0.434 e. The summed E-state index contributed by atoms with van der Waals surface area (Å²) in [5, 5.41) is 0. The number of hydrogen-bond donors (Lipinski definition) is 0. The number of rotatable bonds is 11. The van der Waals surface area contributed by atoms with Crippen LogP contribution in [0.2, 0.25) is 0 Å². The zero-order chi connectivity index (χ0) is 19.3. The molecule has 1 aliphatic carbocycles. The normalized spacial score (nSPS) is 17.9. The summed E-state index contributed by atoms with van der Waals surface area (Å²) in [7, 11) is 0. The van der Waals surface area contributed by atoms with Crippen LogP contribution in [0.15, 0.2) is 42.0 Å². The molecule has 0 spiro atoms.